The molecule has 1 heterocycles. The lowest BCUT2D eigenvalue weighted by atomic mass is 9.44. The number of esters is 1. The van der Waals surface area contributed by atoms with Crippen LogP contribution in [0.25, 0.3) is 0 Å². The van der Waals surface area contributed by atoms with Crippen molar-refractivity contribution >= 4 is 28.6 Å². The van der Waals surface area contributed by atoms with Gasteiger partial charge in [0.15, 0.2) is 17.1 Å². The first-order valence-corrected chi connectivity index (χ1v) is 14.4. The van der Waals surface area contributed by atoms with Crippen molar-refractivity contribution in [1.29, 1.82) is 5.26 Å². The maximum Gasteiger partial charge on any atom is 0.449 e. The molecule has 1 aromatic heterocycles. The van der Waals surface area contributed by atoms with Crippen LogP contribution in [0.4, 0.5) is 22.0 Å². The van der Waals surface area contributed by atoms with Crippen molar-refractivity contribution in [1.82, 2.24) is 0 Å². The Labute approximate surface area is 242 Å². The smallest absolute Gasteiger partial charge is 0.444 e. The van der Waals surface area contributed by atoms with Crippen molar-refractivity contribution < 1.29 is 50.6 Å². The van der Waals surface area contributed by atoms with Gasteiger partial charge in [-0.25, -0.2) is 13.6 Å². The van der Waals surface area contributed by atoms with Crippen LogP contribution in [0, 0.1) is 39.9 Å². The van der Waals surface area contributed by atoms with Crippen LogP contribution < -0.4 is 0 Å². The molecule has 226 valence electrons. The van der Waals surface area contributed by atoms with Crippen LogP contribution in [0.5, 0.6) is 0 Å². The van der Waals surface area contributed by atoms with E-state index in [1.165, 1.54) is 19.9 Å². The first-order valence-electron chi connectivity index (χ1n) is 13.4. The van der Waals surface area contributed by atoms with Gasteiger partial charge in [-0.15, -0.1) is 0 Å². The Morgan fingerprint density at radius 3 is 2.55 bits per heavy atom. The molecule has 3 saturated carbocycles. The maximum absolute atomic E-state index is 17.5. The second-order valence-electron chi connectivity index (χ2n) is 12.0. The maximum atomic E-state index is 17.5. The third kappa shape index (κ3) is 3.97. The lowest BCUT2D eigenvalue weighted by molar-refractivity contribution is -0.221. The van der Waals surface area contributed by atoms with Crippen molar-refractivity contribution in [2.24, 2.45) is 28.6 Å². The first kappa shape index (κ1) is 30.5. The zero-order chi connectivity index (χ0) is 31.0. The molecule has 7 nitrogen and oxygen atoms in total. The molecular weight excluding hydrogens is 585 g/mol. The number of ketones is 1. The summed E-state index contributed by atoms with van der Waals surface area (Å²) in [6.45, 7) is 4.49. The largest absolute Gasteiger partial charge is 0.449 e. The number of hydrogen-bond donors (Lipinski definition) is 1. The Balaban J connectivity index is 1.61. The minimum absolute atomic E-state index is 0.0438. The highest BCUT2D eigenvalue weighted by Gasteiger charge is 2.78. The van der Waals surface area contributed by atoms with Gasteiger partial charge in [-0.05, 0) is 62.0 Å². The summed E-state index contributed by atoms with van der Waals surface area (Å²) in [4.78, 5) is 39.2. The predicted octanol–water partition coefficient (Wildman–Crippen LogP) is 5.54. The van der Waals surface area contributed by atoms with Crippen molar-refractivity contribution in [3.8, 4) is 6.07 Å². The number of carbonyl (C=O) groups is 3. The van der Waals surface area contributed by atoms with E-state index < -0.39 is 99.5 Å². The quantitative estimate of drug-likeness (QED) is 0.348. The van der Waals surface area contributed by atoms with E-state index in [0.29, 0.717) is 17.8 Å². The van der Waals surface area contributed by atoms with E-state index in [-0.39, 0.29) is 17.7 Å². The molecule has 0 aliphatic heterocycles. The minimum Gasteiger partial charge on any atom is -0.444 e. The number of ether oxygens (including phenoxy) is 1. The van der Waals surface area contributed by atoms with Crippen LogP contribution in [0.15, 0.2) is 40.4 Å². The fourth-order valence-electron chi connectivity index (χ4n) is 8.22. The highest BCUT2D eigenvalue weighted by atomic mass is 32.2. The number of allylic oxidation sites excluding steroid dienone is 4. The molecule has 0 spiro atoms. The summed E-state index contributed by atoms with van der Waals surface area (Å²) in [5.74, 6) is -7.42. The minimum atomic E-state index is -4.89. The summed E-state index contributed by atoms with van der Waals surface area (Å²) in [5, 5.41) is 19.9. The highest BCUT2D eigenvalue weighted by molar-refractivity contribution is 8.14. The molecule has 1 aromatic rings. The van der Waals surface area contributed by atoms with Crippen molar-refractivity contribution in [2.75, 3.05) is 5.75 Å². The van der Waals surface area contributed by atoms with Crippen molar-refractivity contribution in [3.63, 3.8) is 0 Å². The number of nitriles is 1. The average Bonchev–Trinajstić information content (AvgIpc) is 3.49. The summed E-state index contributed by atoms with van der Waals surface area (Å²) >= 11 is 0.530. The van der Waals surface area contributed by atoms with Gasteiger partial charge in [0.2, 0.25) is 16.6 Å². The van der Waals surface area contributed by atoms with Crippen LogP contribution in [0.2, 0.25) is 0 Å². The third-order valence-corrected chi connectivity index (χ3v) is 10.9. The molecule has 0 aromatic carbocycles. The van der Waals surface area contributed by atoms with Gasteiger partial charge in [0.1, 0.15) is 6.17 Å². The molecule has 42 heavy (non-hydrogen) atoms. The normalized spacial score (nSPS) is 40.8. The molecule has 0 radical (unpaired) electrons. The van der Waals surface area contributed by atoms with Crippen LogP contribution in [-0.4, -0.2) is 51.3 Å². The van der Waals surface area contributed by atoms with Gasteiger partial charge in [-0.1, -0.05) is 31.7 Å². The Morgan fingerprint density at radius 1 is 1.24 bits per heavy atom. The van der Waals surface area contributed by atoms with Gasteiger partial charge < -0.3 is 14.3 Å². The average molecular weight is 614 g/mol. The number of halogens is 5. The van der Waals surface area contributed by atoms with Crippen LogP contribution in [0.3, 0.4) is 0 Å². The summed E-state index contributed by atoms with van der Waals surface area (Å²) in [6.07, 6.45) is -5.82. The third-order valence-electron chi connectivity index (χ3n) is 10.1. The second-order valence-corrected chi connectivity index (χ2v) is 13.0. The number of furan rings is 1. The standard InChI is InChI=1S/C29H28F5NO6S/c1-14-10-16-17-12-19(30)18-11-15(36)6-7-25(18,2)27(17,31)21(37)13-26(16,3)28(14,24(39)42-9-8-35)41-23(38)20-4-5-22(40-20)29(32,33)34/h4-7,11,14,16-17,19,21,37H,9-10,12-13H2,1-3H3/t14-,16+,17+,19+,21+,25+,26+,27+,28+/m1/s1. The second kappa shape index (κ2) is 9.77. The summed E-state index contributed by atoms with van der Waals surface area (Å²) < 4.78 is 83.1. The van der Waals surface area contributed by atoms with Crippen molar-refractivity contribution in [3.05, 3.63) is 47.5 Å². The molecule has 5 rings (SSSR count). The molecule has 1 N–H and O–H groups in total. The summed E-state index contributed by atoms with van der Waals surface area (Å²) in [7, 11) is 0. The van der Waals surface area contributed by atoms with Crippen molar-refractivity contribution in [2.45, 2.75) is 69.8 Å². The van der Waals surface area contributed by atoms with E-state index >= 15 is 8.78 Å². The van der Waals surface area contributed by atoms with E-state index in [1.54, 1.807) is 13.0 Å². The van der Waals surface area contributed by atoms with Crippen LogP contribution in [-0.2, 0) is 20.5 Å². The summed E-state index contributed by atoms with van der Waals surface area (Å²) in [5.41, 5.74) is -7.89. The van der Waals surface area contributed by atoms with Gasteiger partial charge in [0.05, 0.1) is 17.9 Å². The molecule has 4 aliphatic carbocycles. The first-order chi connectivity index (χ1) is 19.5. The number of fused-ring (bicyclic) bond motifs is 5. The number of aliphatic hydroxyl groups excluding tert-OH is 1. The van der Waals surface area contributed by atoms with Gasteiger partial charge in [-0.2, -0.15) is 18.4 Å². The Kier molecular flexibility index (Phi) is 7.09. The Hall–Kier alpha value is -2.98. The fraction of sp³-hybridized carbons (Fsp3) is 0.586. The van der Waals surface area contributed by atoms with E-state index in [4.69, 9.17) is 10.00 Å². The Bertz CT molecular complexity index is 1450. The highest BCUT2D eigenvalue weighted by Crippen LogP contribution is 2.72. The van der Waals surface area contributed by atoms with Crippen LogP contribution in [0.1, 0.15) is 56.3 Å². The number of thioether (sulfide) groups is 1. The van der Waals surface area contributed by atoms with E-state index in [0.717, 1.165) is 18.2 Å². The lowest BCUT2D eigenvalue weighted by Crippen LogP contribution is -2.70. The molecule has 4 aliphatic rings. The monoisotopic (exact) mass is 613 g/mol. The van der Waals surface area contributed by atoms with Gasteiger partial charge in [-0.3, -0.25) is 9.59 Å². The molecule has 0 bridgehead atoms. The topological polar surface area (TPSA) is 118 Å². The molecular formula is C29H28F5NO6S. The number of hydrogen-bond acceptors (Lipinski definition) is 8. The van der Waals surface area contributed by atoms with E-state index in [9.17, 15) is 32.7 Å². The zero-order valence-electron chi connectivity index (χ0n) is 22.8. The molecule has 0 amide bonds. The lowest BCUT2D eigenvalue weighted by Gasteiger charge is -2.63. The summed E-state index contributed by atoms with van der Waals surface area (Å²) in [6, 6.07) is 3.10. The van der Waals surface area contributed by atoms with Gasteiger partial charge in [0.25, 0.3) is 0 Å². The number of alkyl halides is 5. The zero-order valence-corrected chi connectivity index (χ0v) is 23.7. The SMILES string of the molecule is C[C@@H]1C[C@H]2[C@@H]3C[C@H](F)C4=CC(=O)C=C[C@]4(C)[C@@]3(F)[C@@H](O)C[C@]2(C)[C@@]1(OC(=O)c1ccc(C(F)(F)F)o1)C(=O)SCC#N. The molecule has 3 fully saturated rings. The fourth-order valence-corrected chi connectivity index (χ4v) is 9.11. The molecule has 0 saturated heterocycles. The number of nitrogens with zero attached hydrogens (tertiary/aromatic N) is 1. The predicted molar refractivity (Wildman–Crippen MR) is 138 cm³/mol. The van der Waals surface area contributed by atoms with Crippen LogP contribution >= 0.6 is 11.8 Å². The van der Waals surface area contributed by atoms with Gasteiger partial charge >= 0.3 is 12.1 Å². The Morgan fingerprint density at radius 2 is 1.93 bits per heavy atom. The van der Waals surface area contributed by atoms with E-state index in [2.05, 4.69) is 4.42 Å². The number of carbonyl (C=O) groups excluding carboxylic acids is 3. The molecule has 13 heteroatoms. The number of rotatable bonds is 4. The van der Waals surface area contributed by atoms with Gasteiger partial charge in [0, 0.05) is 22.7 Å². The molecule has 0 unspecified atom stereocenters. The van der Waals surface area contributed by atoms with E-state index in [1.807, 2.05) is 0 Å². The molecule has 9 atom stereocenters. The number of aliphatic hydroxyl groups is 1.